The van der Waals surface area contributed by atoms with Crippen LogP contribution in [-0.4, -0.2) is 18.1 Å². The third-order valence-corrected chi connectivity index (χ3v) is 5.51. The molecule has 4 aromatic rings. The average molecular weight is 432 g/mol. The monoisotopic (exact) mass is 431 g/mol. The Morgan fingerprint density at radius 1 is 0.935 bits per heavy atom. The van der Waals surface area contributed by atoms with Crippen molar-refractivity contribution in [3.63, 3.8) is 0 Å². The summed E-state index contributed by atoms with van der Waals surface area (Å²) in [6.07, 6.45) is 0. The molecule has 0 saturated carbocycles. The van der Waals surface area contributed by atoms with Crippen LogP contribution in [0.1, 0.15) is 27.0 Å². The molecule has 156 valence electrons. The van der Waals surface area contributed by atoms with Gasteiger partial charge in [0, 0.05) is 16.0 Å². The van der Waals surface area contributed by atoms with Crippen molar-refractivity contribution in [2.75, 3.05) is 7.11 Å². The third kappa shape index (κ3) is 3.99. The van der Waals surface area contributed by atoms with Crippen LogP contribution in [-0.2, 0) is 0 Å². The molecule has 0 amide bonds. The molecule has 4 rings (SSSR count). The molecular formula is C26H22ClNO3. The van der Waals surface area contributed by atoms with E-state index in [0.717, 1.165) is 38.9 Å². The van der Waals surface area contributed by atoms with Gasteiger partial charge in [-0.3, -0.25) is 0 Å². The van der Waals surface area contributed by atoms with Gasteiger partial charge in [-0.1, -0.05) is 47.5 Å². The van der Waals surface area contributed by atoms with Crippen molar-refractivity contribution in [3.8, 4) is 22.8 Å². The summed E-state index contributed by atoms with van der Waals surface area (Å²) in [5, 5.41) is 1.41. The maximum atomic E-state index is 13.5. The number of benzene rings is 3. The molecule has 1 aromatic heterocycles. The minimum Gasteiger partial charge on any atom is -0.493 e. The quantitative estimate of drug-likeness (QED) is 0.266. The Bertz CT molecular complexity index is 1300. The number of para-hydroxylation sites is 2. The van der Waals surface area contributed by atoms with E-state index in [-0.39, 0.29) is 0 Å². The number of esters is 1. The molecule has 0 unspecified atom stereocenters. The zero-order valence-corrected chi connectivity index (χ0v) is 18.6. The van der Waals surface area contributed by atoms with Gasteiger partial charge in [-0.05, 0) is 62.2 Å². The zero-order valence-electron chi connectivity index (χ0n) is 17.8. The van der Waals surface area contributed by atoms with E-state index in [1.165, 1.54) is 0 Å². The first-order valence-electron chi connectivity index (χ1n) is 9.91. The lowest BCUT2D eigenvalue weighted by Crippen LogP contribution is -2.13. The highest BCUT2D eigenvalue weighted by Gasteiger charge is 2.22. The number of pyridine rings is 1. The highest BCUT2D eigenvalue weighted by molar-refractivity contribution is 6.30. The second-order valence-electron chi connectivity index (χ2n) is 7.49. The van der Waals surface area contributed by atoms with Gasteiger partial charge in [0.25, 0.3) is 0 Å². The van der Waals surface area contributed by atoms with Crippen molar-refractivity contribution in [2.24, 2.45) is 0 Å². The fourth-order valence-corrected chi connectivity index (χ4v) is 3.95. The van der Waals surface area contributed by atoms with Crippen LogP contribution >= 0.6 is 11.6 Å². The van der Waals surface area contributed by atoms with E-state index >= 15 is 0 Å². The minimum absolute atomic E-state index is 0.372. The Labute approximate surface area is 186 Å². The van der Waals surface area contributed by atoms with Crippen molar-refractivity contribution in [1.82, 2.24) is 4.98 Å². The molecule has 5 heteroatoms. The summed E-state index contributed by atoms with van der Waals surface area (Å²) in [5.74, 6) is 0.420. The van der Waals surface area contributed by atoms with E-state index in [0.29, 0.717) is 22.1 Å². The molecule has 0 atom stereocenters. The third-order valence-electron chi connectivity index (χ3n) is 5.26. The molecule has 3 aromatic carbocycles. The minimum atomic E-state index is -0.449. The van der Waals surface area contributed by atoms with Crippen LogP contribution in [0.4, 0.5) is 0 Å². The van der Waals surface area contributed by atoms with Crippen LogP contribution in [0.3, 0.4) is 0 Å². The number of nitrogens with zero attached hydrogens (tertiary/aromatic N) is 1. The van der Waals surface area contributed by atoms with Crippen LogP contribution in [0.25, 0.3) is 22.2 Å². The Kier molecular flexibility index (Phi) is 5.66. The second-order valence-corrected chi connectivity index (χ2v) is 7.92. The lowest BCUT2D eigenvalue weighted by Gasteiger charge is -2.16. The standard InChI is InChI=1S/C26H22ClNO3/c1-15-13-16(2)24-20(14-15)23(26(29)31-22-8-6-5-7-21(22)30-4)17(3)25(28-24)18-9-11-19(27)12-10-18/h5-14H,1-4H3. The molecule has 0 bridgehead atoms. The summed E-state index contributed by atoms with van der Waals surface area (Å²) in [6, 6.07) is 18.6. The normalized spacial score (nSPS) is 10.9. The van der Waals surface area contributed by atoms with Crippen molar-refractivity contribution < 1.29 is 14.3 Å². The Balaban J connectivity index is 1.94. The molecule has 0 saturated heterocycles. The van der Waals surface area contributed by atoms with Gasteiger partial charge in [-0.2, -0.15) is 0 Å². The smallest absolute Gasteiger partial charge is 0.344 e. The number of rotatable bonds is 4. The Morgan fingerprint density at radius 2 is 1.61 bits per heavy atom. The van der Waals surface area contributed by atoms with Crippen LogP contribution < -0.4 is 9.47 Å². The van der Waals surface area contributed by atoms with Gasteiger partial charge in [0.05, 0.1) is 23.9 Å². The lowest BCUT2D eigenvalue weighted by molar-refractivity contribution is 0.0731. The number of fused-ring (bicyclic) bond motifs is 1. The van der Waals surface area contributed by atoms with Gasteiger partial charge in [-0.15, -0.1) is 0 Å². The van der Waals surface area contributed by atoms with E-state index in [1.54, 1.807) is 25.3 Å². The van der Waals surface area contributed by atoms with Gasteiger partial charge in [0.1, 0.15) is 0 Å². The predicted octanol–water partition coefficient (Wildman–Crippen LogP) is 6.71. The topological polar surface area (TPSA) is 48.4 Å². The number of ether oxygens (including phenoxy) is 2. The number of carbonyl (C=O) groups is 1. The molecule has 31 heavy (non-hydrogen) atoms. The van der Waals surface area contributed by atoms with E-state index in [2.05, 4.69) is 6.07 Å². The van der Waals surface area contributed by atoms with Gasteiger partial charge in [0.2, 0.25) is 0 Å². The molecule has 0 aliphatic heterocycles. The number of aryl methyl sites for hydroxylation is 2. The molecule has 0 aliphatic carbocycles. The van der Waals surface area contributed by atoms with E-state index in [4.69, 9.17) is 26.1 Å². The molecule has 0 fully saturated rings. The average Bonchev–Trinajstić information content (AvgIpc) is 2.74. The van der Waals surface area contributed by atoms with Crippen molar-refractivity contribution >= 4 is 28.5 Å². The fraction of sp³-hybridized carbons (Fsp3) is 0.154. The summed E-state index contributed by atoms with van der Waals surface area (Å²) in [6.45, 7) is 5.90. The summed E-state index contributed by atoms with van der Waals surface area (Å²) in [4.78, 5) is 18.4. The number of aromatic nitrogens is 1. The van der Waals surface area contributed by atoms with Gasteiger partial charge >= 0.3 is 5.97 Å². The molecule has 0 aliphatic rings. The van der Waals surface area contributed by atoms with Gasteiger partial charge < -0.3 is 9.47 Å². The van der Waals surface area contributed by atoms with Crippen molar-refractivity contribution in [3.05, 3.63) is 87.9 Å². The van der Waals surface area contributed by atoms with Crippen LogP contribution in [0.5, 0.6) is 11.5 Å². The molecule has 0 radical (unpaired) electrons. The first-order valence-corrected chi connectivity index (χ1v) is 10.3. The Hall–Kier alpha value is -3.37. The summed E-state index contributed by atoms with van der Waals surface area (Å²) >= 11 is 6.07. The second kappa shape index (κ2) is 8.40. The highest BCUT2D eigenvalue weighted by Crippen LogP contribution is 2.34. The molecule has 4 nitrogen and oxygen atoms in total. The number of hydrogen-bond donors (Lipinski definition) is 0. The molecular weight excluding hydrogens is 410 g/mol. The number of hydrogen-bond acceptors (Lipinski definition) is 4. The SMILES string of the molecule is COc1ccccc1OC(=O)c1c(C)c(-c2ccc(Cl)cc2)nc2c(C)cc(C)cc12. The maximum Gasteiger partial charge on any atom is 0.344 e. The van der Waals surface area contributed by atoms with E-state index < -0.39 is 5.97 Å². The molecule has 0 N–H and O–H groups in total. The van der Waals surface area contributed by atoms with Gasteiger partial charge in [0.15, 0.2) is 11.5 Å². The zero-order chi connectivity index (χ0) is 22.1. The van der Waals surface area contributed by atoms with Crippen LogP contribution in [0.2, 0.25) is 5.02 Å². The fourth-order valence-electron chi connectivity index (χ4n) is 3.82. The van der Waals surface area contributed by atoms with Crippen LogP contribution in [0, 0.1) is 20.8 Å². The number of carbonyl (C=O) groups excluding carboxylic acids is 1. The first kappa shape index (κ1) is 20.9. The largest absolute Gasteiger partial charge is 0.493 e. The summed E-state index contributed by atoms with van der Waals surface area (Å²) in [5.41, 5.74) is 5.67. The Morgan fingerprint density at radius 3 is 2.29 bits per heavy atom. The number of methoxy groups -OCH3 is 1. The first-order chi connectivity index (χ1) is 14.9. The highest BCUT2D eigenvalue weighted by atomic mass is 35.5. The van der Waals surface area contributed by atoms with Crippen molar-refractivity contribution in [1.29, 1.82) is 0 Å². The van der Waals surface area contributed by atoms with E-state index in [1.807, 2.05) is 57.2 Å². The maximum absolute atomic E-state index is 13.5. The lowest BCUT2D eigenvalue weighted by atomic mass is 9.95. The van der Waals surface area contributed by atoms with Crippen molar-refractivity contribution in [2.45, 2.75) is 20.8 Å². The summed E-state index contributed by atoms with van der Waals surface area (Å²) < 4.78 is 11.1. The number of halogens is 1. The predicted molar refractivity (Wildman–Crippen MR) is 124 cm³/mol. The van der Waals surface area contributed by atoms with Gasteiger partial charge in [-0.25, -0.2) is 9.78 Å². The molecule has 1 heterocycles. The van der Waals surface area contributed by atoms with E-state index in [9.17, 15) is 4.79 Å². The van der Waals surface area contributed by atoms with Crippen LogP contribution in [0.15, 0.2) is 60.7 Å². The summed E-state index contributed by atoms with van der Waals surface area (Å²) in [7, 11) is 1.55. The molecule has 0 spiro atoms.